The van der Waals surface area contributed by atoms with Crippen molar-refractivity contribution >= 4 is 17.6 Å². The molecule has 0 radical (unpaired) electrons. The first-order valence-electron chi connectivity index (χ1n) is 9.16. The number of hydrogen-bond donors (Lipinski definition) is 2. The Morgan fingerprint density at radius 2 is 1.96 bits per heavy atom. The zero-order valence-corrected chi connectivity index (χ0v) is 16.2. The summed E-state index contributed by atoms with van der Waals surface area (Å²) in [6.07, 6.45) is 2.57. The van der Waals surface area contributed by atoms with Crippen molar-refractivity contribution in [1.29, 1.82) is 0 Å². The smallest absolute Gasteiger partial charge is 0.321 e. The first-order chi connectivity index (χ1) is 12.3. The molecule has 140 valence electrons. The van der Waals surface area contributed by atoms with Crippen LogP contribution in [-0.2, 0) is 11.2 Å². The van der Waals surface area contributed by atoms with Gasteiger partial charge in [0.2, 0.25) is 0 Å². The van der Waals surface area contributed by atoms with E-state index in [0.29, 0.717) is 5.02 Å². The highest BCUT2D eigenvalue weighted by Gasteiger charge is 2.36. The second kappa shape index (κ2) is 7.41. The number of carboxylic acids is 1. The van der Waals surface area contributed by atoms with E-state index in [1.54, 1.807) is 0 Å². The van der Waals surface area contributed by atoms with Gasteiger partial charge in [0.05, 0.1) is 11.7 Å². The number of fused-ring (bicyclic) bond motifs is 1. The average Bonchev–Trinajstić information content (AvgIpc) is 3.01. The second-order valence-electron chi connectivity index (χ2n) is 7.42. The van der Waals surface area contributed by atoms with Gasteiger partial charge in [-0.25, -0.2) is 4.98 Å². The molecule has 2 aromatic rings. The molecule has 6 heteroatoms. The Labute approximate surface area is 159 Å². The molecular weight excluding hydrogens is 350 g/mol. The topological polar surface area (TPSA) is 81.1 Å². The van der Waals surface area contributed by atoms with E-state index in [0.717, 1.165) is 42.0 Å². The average molecular weight is 376 g/mol. The Bertz CT molecular complexity index is 798. The van der Waals surface area contributed by atoms with Crippen molar-refractivity contribution < 1.29 is 9.90 Å². The predicted molar refractivity (Wildman–Crippen MR) is 103 cm³/mol. The minimum absolute atomic E-state index is 0.0301. The van der Waals surface area contributed by atoms with Crippen LogP contribution in [0.2, 0.25) is 5.02 Å². The molecule has 0 fully saturated rings. The maximum atomic E-state index is 11.6. The van der Waals surface area contributed by atoms with E-state index in [2.05, 4.69) is 25.3 Å². The minimum atomic E-state index is -0.958. The molecule has 1 heterocycles. The van der Waals surface area contributed by atoms with E-state index in [1.807, 2.05) is 24.3 Å². The molecule has 5 nitrogen and oxygen atoms in total. The van der Waals surface area contributed by atoms with Crippen molar-refractivity contribution in [2.45, 2.75) is 64.0 Å². The molecule has 1 aliphatic rings. The summed E-state index contributed by atoms with van der Waals surface area (Å²) >= 11 is 6.04. The third-order valence-electron chi connectivity index (χ3n) is 5.31. The Morgan fingerprint density at radius 3 is 2.54 bits per heavy atom. The molecule has 0 bridgehead atoms. The molecule has 2 unspecified atom stereocenters. The number of benzene rings is 1. The van der Waals surface area contributed by atoms with Gasteiger partial charge in [-0.2, -0.15) is 0 Å². The molecule has 3 atom stereocenters. The second-order valence-corrected chi connectivity index (χ2v) is 7.85. The number of nitrogens with two attached hydrogens (primary N) is 1. The molecule has 0 aliphatic heterocycles. The van der Waals surface area contributed by atoms with Crippen LogP contribution in [0.25, 0.3) is 0 Å². The third-order valence-corrected chi connectivity index (χ3v) is 5.56. The van der Waals surface area contributed by atoms with Crippen LogP contribution < -0.4 is 5.73 Å². The number of nitrogens with zero attached hydrogens (tertiary/aromatic N) is 2. The van der Waals surface area contributed by atoms with Crippen LogP contribution in [0.1, 0.15) is 74.3 Å². The first-order valence-corrected chi connectivity index (χ1v) is 9.53. The SMILES string of the molecule is CC(C)c1nc2c(n1[C@@H](C)c1ccc(Cl)cc1)C(C(N)C(=O)O)CCC2. The largest absolute Gasteiger partial charge is 0.480 e. The van der Waals surface area contributed by atoms with Gasteiger partial charge in [-0.15, -0.1) is 0 Å². The summed E-state index contributed by atoms with van der Waals surface area (Å²) in [5, 5.41) is 10.2. The van der Waals surface area contributed by atoms with E-state index >= 15 is 0 Å². The fourth-order valence-corrected chi connectivity index (χ4v) is 4.07. The summed E-state index contributed by atoms with van der Waals surface area (Å²) in [4.78, 5) is 16.5. The van der Waals surface area contributed by atoms with Crippen molar-refractivity contribution in [3.63, 3.8) is 0 Å². The summed E-state index contributed by atoms with van der Waals surface area (Å²) in [5.41, 5.74) is 9.18. The van der Waals surface area contributed by atoms with Gasteiger partial charge < -0.3 is 15.4 Å². The van der Waals surface area contributed by atoms with Crippen LogP contribution in [0.15, 0.2) is 24.3 Å². The lowest BCUT2D eigenvalue weighted by molar-refractivity contribution is -0.139. The van der Waals surface area contributed by atoms with Crippen LogP contribution >= 0.6 is 11.6 Å². The van der Waals surface area contributed by atoms with Crippen molar-refractivity contribution in [1.82, 2.24) is 9.55 Å². The Morgan fingerprint density at radius 1 is 1.31 bits per heavy atom. The van der Waals surface area contributed by atoms with Gasteiger partial charge in [0, 0.05) is 22.6 Å². The summed E-state index contributed by atoms with van der Waals surface area (Å²) in [6.45, 7) is 6.35. The lowest BCUT2D eigenvalue weighted by atomic mass is 9.84. The molecule has 3 N–H and O–H groups in total. The van der Waals surface area contributed by atoms with E-state index < -0.39 is 12.0 Å². The van der Waals surface area contributed by atoms with E-state index in [9.17, 15) is 9.90 Å². The predicted octanol–water partition coefficient (Wildman–Crippen LogP) is 4.10. The van der Waals surface area contributed by atoms with Crippen LogP contribution in [-0.4, -0.2) is 26.7 Å². The molecule has 0 spiro atoms. The normalized spacial score (nSPS) is 19.2. The lowest BCUT2D eigenvalue weighted by Crippen LogP contribution is -2.39. The van der Waals surface area contributed by atoms with Gasteiger partial charge in [-0.05, 0) is 43.9 Å². The van der Waals surface area contributed by atoms with Crippen LogP contribution in [0.4, 0.5) is 0 Å². The molecular formula is C20H26ClN3O2. The number of aliphatic carboxylic acids is 1. The van der Waals surface area contributed by atoms with Gasteiger partial charge in [-0.3, -0.25) is 4.79 Å². The van der Waals surface area contributed by atoms with Gasteiger partial charge in [0.15, 0.2) is 0 Å². The number of rotatable bonds is 5. The highest BCUT2D eigenvalue weighted by Crippen LogP contribution is 2.39. The third kappa shape index (κ3) is 3.38. The monoisotopic (exact) mass is 375 g/mol. The van der Waals surface area contributed by atoms with Crippen molar-refractivity contribution in [2.24, 2.45) is 5.73 Å². The lowest BCUT2D eigenvalue weighted by Gasteiger charge is -2.30. The molecule has 26 heavy (non-hydrogen) atoms. The molecule has 1 aromatic heterocycles. The number of imidazole rings is 1. The zero-order chi connectivity index (χ0) is 19.0. The Balaban J connectivity index is 2.15. The quantitative estimate of drug-likeness (QED) is 0.824. The van der Waals surface area contributed by atoms with Crippen molar-refractivity contribution in [3.8, 4) is 0 Å². The van der Waals surface area contributed by atoms with E-state index in [4.69, 9.17) is 22.3 Å². The standard InChI is InChI=1S/C20H26ClN3O2/c1-11(2)19-23-16-6-4-5-15(17(22)20(25)26)18(16)24(19)12(3)13-7-9-14(21)10-8-13/h7-12,15,17H,4-6,22H2,1-3H3,(H,25,26)/t12-,15?,17?/m0/s1. The number of aryl methyl sites for hydroxylation is 1. The number of carbonyl (C=O) groups is 1. The van der Waals surface area contributed by atoms with Gasteiger partial charge in [-0.1, -0.05) is 37.6 Å². The highest BCUT2D eigenvalue weighted by atomic mass is 35.5. The number of aromatic nitrogens is 2. The summed E-state index contributed by atoms with van der Waals surface area (Å²) in [5.74, 6) is 0.0471. The van der Waals surface area contributed by atoms with E-state index in [1.165, 1.54) is 0 Å². The molecule has 0 saturated carbocycles. The summed E-state index contributed by atoms with van der Waals surface area (Å²) < 4.78 is 2.22. The van der Waals surface area contributed by atoms with Crippen molar-refractivity contribution in [3.05, 3.63) is 52.1 Å². The fraction of sp³-hybridized carbons (Fsp3) is 0.500. The number of carboxylic acid groups (broad SMARTS) is 1. The highest BCUT2D eigenvalue weighted by molar-refractivity contribution is 6.30. The van der Waals surface area contributed by atoms with E-state index in [-0.39, 0.29) is 17.9 Å². The zero-order valence-electron chi connectivity index (χ0n) is 15.4. The van der Waals surface area contributed by atoms with Crippen LogP contribution in [0.5, 0.6) is 0 Å². The van der Waals surface area contributed by atoms with Gasteiger partial charge in [0.1, 0.15) is 11.9 Å². The number of halogens is 1. The molecule has 1 aromatic carbocycles. The number of hydrogen-bond acceptors (Lipinski definition) is 3. The van der Waals surface area contributed by atoms with Gasteiger partial charge in [0.25, 0.3) is 0 Å². The molecule has 1 aliphatic carbocycles. The summed E-state index contributed by atoms with van der Waals surface area (Å²) in [7, 11) is 0. The van der Waals surface area contributed by atoms with Crippen LogP contribution in [0, 0.1) is 0 Å². The Hall–Kier alpha value is -1.85. The first kappa shape index (κ1) is 18.9. The molecule has 3 rings (SSSR count). The van der Waals surface area contributed by atoms with Gasteiger partial charge >= 0.3 is 5.97 Å². The molecule has 0 amide bonds. The maximum absolute atomic E-state index is 11.6. The van der Waals surface area contributed by atoms with Crippen LogP contribution in [0.3, 0.4) is 0 Å². The fourth-order valence-electron chi connectivity index (χ4n) is 3.94. The maximum Gasteiger partial charge on any atom is 0.321 e. The summed E-state index contributed by atoms with van der Waals surface area (Å²) in [6, 6.07) is 6.90. The minimum Gasteiger partial charge on any atom is -0.480 e. The Kier molecular flexibility index (Phi) is 5.39. The molecule has 0 saturated heterocycles. The van der Waals surface area contributed by atoms with Crippen molar-refractivity contribution in [2.75, 3.05) is 0 Å².